The van der Waals surface area contributed by atoms with Crippen molar-refractivity contribution in [2.75, 3.05) is 0 Å². The molecule has 45 heavy (non-hydrogen) atoms. The van der Waals surface area contributed by atoms with E-state index in [9.17, 15) is 0 Å². The van der Waals surface area contributed by atoms with Crippen molar-refractivity contribution in [3.8, 4) is 22.8 Å². The number of furan rings is 1. The van der Waals surface area contributed by atoms with Crippen LogP contribution in [0.25, 0.3) is 88.3 Å². The lowest BCUT2D eigenvalue weighted by Gasteiger charge is -2.09. The van der Waals surface area contributed by atoms with E-state index in [1.54, 1.807) is 6.33 Å². The van der Waals surface area contributed by atoms with E-state index in [-0.39, 0.29) is 0 Å². The summed E-state index contributed by atoms with van der Waals surface area (Å²) in [5.74, 6) is 0.836. The lowest BCUT2D eigenvalue weighted by atomic mass is 10.1. The minimum Gasteiger partial charge on any atom is -0.456 e. The topological polar surface area (TPSA) is 48.8 Å². The first-order chi connectivity index (χ1) is 22.3. The van der Waals surface area contributed by atoms with Gasteiger partial charge in [-0.25, -0.2) is 9.97 Å². The Labute approximate surface area is 257 Å². The van der Waals surface area contributed by atoms with Crippen LogP contribution in [0.2, 0.25) is 0 Å². The van der Waals surface area contributed by atoms with Crippen LogP contribution in [-0.2, 0) is 0 Å². The number of fused-ring (bicyclic) bond motifs is 9. The number of rotatable bonds is 3. The number of hydrogen-bond acceptors (Lipinski definition) is 3. The lowest BCUT2D eigenvalue weighted by Crippen LogP contribution is -1.99. The van der Waals surface area contributed by atoms with Gasteiger partial charge in [0.25, 0.3) is 0 Å². The molecule has 4 heterocycles. The van der Waals surface area contributed by atoms with E-state index < -0.39 is 0 Å². The zero-order valence-electron chi connectivity index (χ0n) is 24.1. The molecular formula is C40H24N4O. The van der Waals surface area contributed by atoms with Crippen molar-refractivity contribution in [2.45, 2.75) is 0 Å². The normalized spacial score (nSPS) is 12.0. The van der Waals surface area contributed by atoms with Crippen LogP contribution >= 0.6 is 0 Å². The summed E-state index contributed by atoms with van der Waals surface area (Å²) < 4.78 is 10.9. The van der Waals surface area contributed by atoms with Gasteiger partial charge in [-0.3, -0.25) is 4.57 Å². The molecule has 0 bridgehead atoms. The lowest BCUT2D eigenvalue weighted by molar-refractivity contribution is 0.669. The second-order valence-corrected chi connectivity index (χ2v) is 11.5. The summed E-state index contributed by atoms with van der Waals surface area (Å²) in [6.07, 6.45) is 1.66. The molecule has 0 unspecified atom stereocenters. The second-order valence-electron chi connectivity index (χ2n) is 11.5. The molecule has 0 amide bonds. The fraction of sp³-hybridized carbons (Fsp3) is 0. The Hall–Kier alpha value is -6.20. The summed E-state index contributed by atoms with van der Waals surface area (Å²) in [6, 6.07) is 49.0. The Bertz CT molecular complexity index is 2670. The Morgan fingerprint density at radius 3 is 1.53 bits per heavy atom. The molecule has 0 aliphatic heterocycles. The third-order valence-corrected chi connectivity index (χ3v) is 9.05. The Morgan fingerprint density at radius 2 is 0.933 bits per heavy atom. The van der Waals surface area contributed by atoms with E-state index in [0.717, 1.165) is 55.7 Å². The van der Waals surface area contributed by atoms with Gasteiger partial charge < -0.3 is 8.98 Å². The maximum Gasteiger partial charge on any atom is 0.141 e. The van der Waals surface area contributed by atoms with Gasteiger partial charge in [-0.15, -0.1) is 0 Å². The highest BCUT2D eigenvalue weighted by Crippen LogP contribution is 2.37. The predicted molar refractivity (Wildman–Crippen MR) is 183 cm³/mol. The first kappa shape index (κ1) is 24.3. The summed E-state index contributed by atoms with van der Waals surface area (Å²) in [7, 11) is 0. The van der Waals surface area contributed by atoms with Gasteiger partial charge in [0.1, 0.15) is 23.3 Å². The monoisotopic (exact) mass is 576 g/mol. The smallest absolute Gasteiger partial charge is 0.141 e. The zero-order chi connectivity index (χ0) is 29.5. The molecule has 5 nitrogen and oxygen atoms in total. The quantitative estimate of drug-likeness (QED) is 0.210. The van der Waals surface area contributed by atoms with Gasteiger partial charge in [-0.05, 0) is 60.7 Å². The van der Waals surface area contributed by atoms with Crippen LogP contribution in [0.5, 0.6) is 0 Å². The Kier molecular flexibility index (Phi) is 4.93. The summed E-state index contributed by atoms with van der Waals surface area (Å²) >= 11 is 0. The van der Waals surface area contributed by atoms with Crippen LogP contribution in [0.4, 0.5) is 0 Å². The van der Waals surface area contributed by atoms with E-state index in [0.29, 0.717) is 0 Å². The molecule has 0 radical (unpaired) electrons. The molecule has 10 rings (SSSR count). The molecule has 210 valence electrons. The second kappa shape index (κ2) is 9.15. The summed E-state index contributed by atoms with van der Waals surface area (Å²) in [5.41, 5.74) is 9.30. The van der Waals surface area contributed by atoms with E-state index in [1.165, 1.54) is 32.6 Å². The highest BCUT2D eigenvalue weighted by Gasteiger charge is 2.16. The predicted octanol–water partition coefficient (Wildman–Crippen LogP) is 10.2. The molecule has 0 aliphatic carbocycles. The van der Waals surface area contributed by atoms with E-state index in [1.807, 2.05) is 6.07 Å². The largest absolute Gasteiger partial charge is 0.456 e. The van der Waals surface area contributed by atoms with Crippen molar-refractivity contribution in [2.24, 2.45) is 0 Å². The minimum atomic E-state index is 0.836. The molecule has 4 aromatic heterocycles. The van der Waals surface area contributed by atoms with Crippen LogP contribution in [0.1, 0.15) is 0 Å². The summed E-state index contributed by atoms with van der Waals surface area (Å²) in [5, 5.41) is 7.04. The van der Waals surface area contributed by atoms with Gasteiger partial charge in [0.05, 0.1) is 27.8 Å². The maximum absolute atomic E-state index is 6.32. The van der Waals surface area contributed by atoms with Crippen molar-refractivity contribution in [1.29, 1.82) is 0 Å². The van der Waals surface area contributed by atoms with Crippen molar-refractivity contribution in [1.82, 2.24) is 19.1 Å². The van der Waals surface area contributed by atoms with Crippen LogP contribution in [0, 0.1) is 0 Å². The van der Waals surface area contributed by atoms with Gasteiger partial charge in [0.2, 0.25) is 0 Å². The van der Waals surface area contributed by atoms with Crippen LogP contribution in [0.3, 0.4) is 0 Å². The van der Waals surface area contributed by atoms with Crippen molar-refractivity contribution in [3.63, 3.8) is 0 Å². The molecule has 0 saturated heterocycles. The molecule has 0 aliphatic rings. The molecular weight excluding hydrogens is 552 g/mol. The van der Waals surface area contributed by atoms with Crippen molar-refractivity contribution in [3.05, 3.63) is 146 Å². The fourth-order valence-corrected chi connectivity index (χ4v) is 7.06. The van der Waals surface area contributed by atoms with Gasteiger partial charge in [0, 0.05) is 49.6 Å². The number of para-hydroxylation sites is 4. The maximum atomic E-state index is 6.32. The molecule has 5 heteroatoms. The van der Waals surface area contributed by atoms with Crippen molar-refractivity contribution >= 4 is 65.6 Å². The standard InChI is InChI=1S/C40H24N4O/c1-5-13-34-27(9-1)28-10-2-6-14-35(28)43(34)26-18-20-39-32(22-26)31-21-25(17-19-38(31)45-39)33-23-40(42-24-41-33)44-36-15-7-3-11-29(36)30-12-4-8-16-37(30)44/h1-24H. The molecule has 10 aromatic rings. The number of hydrogen-bond donors (Lipinski definition) is 0. The molecule has 0 spiro atoms. The van der Waals surface area contributed by atoms with Crippen molar-refractivity contribution < 1.29 is 4.42 Å². The molecule has 0 saturated carbocycles. The van der Waals surface area contributed by atoms with E-state index >= 15 is 0 Å². The number of aromatic nitrogens is 4. The minimum absolute atomic E-state index is 0.836. The van der Waals surface area contributed by atoms with E-state index in [4.69, 9.17) is 14.4 Å². The van der Waals surface area contributed by atoms with E-state index in [2.05, 4.69) is 143 Å². The fourth-order valence-electron chi connectivity index (χ4n) is 7.06. The highest BCUT2D eigenvalue weighted by molar-refractivity contribution is 6.11. The van der Waals surface area contributed by atoms with Crippen LogP contribution in [0.15, 0.2) is 150 Å². The number of benzene rings is 6. The highest BCUT2D eigenvalue weighted by atomic mass is 16.3. The van der Waals surface area contributed by atoms with Gasteiger partial charge >= 0.3 is 0 Å². The van der Waals surface area contributed by atoms with Crippen LogP contribution < -0.4 is 0 Å². The Morgan fingerprint density at radius 1 is 0.422 bits per heavy atom. The van der Waals surface area contributed by atoms with Crippen LogP contribution in [-0.4, -0.2) is 19.1 Å². The summed E-state index contributed by atoms with van der Waals surface area (Å²) in [4.78, 5) is 9.45. The van der Waals surface area contributed by atoms with Gasteiger partial charge in [-0.2, -0.15) is 0 Å². The zero-order valence-corrected chi connectivity index (χ0v) is 24.1. The molecule has 0 atom stereocenters. The molecule has 0 fully saturated rings. The third kappa shape index (κ3) is 3.49. The third-order valence-electron chi connectivity index (χ3n) is 9.05. The molecule has 6 aromatic carbocycles. The average Bonchev–Trinajstić information content (AvgIpc) is 3.75. The molecule has 0 N–H and O–H groups in total. The van der Waals surface area contributed by atoms with Gasteiger partial charge in [0.15, 0.2) is 0 Å². The number of nitrogens with zero attached hydrogens (tertiary/aromatic N) is 4. The summed E-state index contributed by atoms with van der Waals surface area (Å²) in [6.45, 7) is 0. The SMILES string of the molecule is c1ccc2c(c1)c1ccccc1n2-c1ccc2oc3ccc(-c4cc(-n5c6ccccc6c6ccccc65)ncn4)cc3c2c1. The first-order valence-electron chi connectivity index (χ1n) is 15.1. The van der Waals surface area contributed by atoms with Gasteiger partial charge in [-0.1, -0.05) is 72.8 Å². The first-order valence-corrected chi connectivity index (χ1v) is 15.1. The Balaban J connectivity index is 1.15. The average molecular weight is 577 g/mol.